The summed E-state index contributed by atoms with van der Waals surface area (Å²) in [7, 11) is 0. The first-order valence-electron chi connectivity index (χ1n) is 4.44. The van der Waals surface area contributed by atoms with Crippen LogP contribution in [0.3, 0.4) is 0 Å². The number of nitrogens with two attached hydrogens (primary N) is 1. The van der Waals surface area contributed by atoms with E-state index in [9.17, 15) is 4.79 Å². The van der Waals surface area contributed by atoms with Crippen molar-refractivity contribution in [2.75, 3.05) is 6.54 Å². The fourth-order valence-electron chi connectivity index (χ4n) is 1.02. The van der Waals surface area contributed by atoms with Gasteiger partial charge in [0.05, 0.1) is 10.6 Å². The van der Waals surface area contributed by atoms with Crippen LogP contribution < -0.4 is 10.5 Å². The summed E-state index contributed by atoms with van der Waals surface area (Å²) < 4.78 is 5.36. The van der Waals surface area contributed by atoms with Gasteiger partial charge in [-0.1, -0.05) is 11.6 Å². The van der Waals surface area contributed by atoms with Gasteiger partial charge in [-0.3, -0.25) is 0 Å². The number of halogens is 2. The van der Waals surface area contributed by atoms with E-state index in [2.05, 4.69) is 0 Å². The quantitative estimate of drug-likeness (QED) is 0.876. The van der Waals surface area contributed by atoms with Gasteiger partial charge in [-0.05, 0) is 25.1 Å². The molecule has 0 saturated heterocycles. The van der Waals surface area contributed by atoms with Crippen molar-refractivity contribution in [3.8, 4) is 5.75 Å². The van der Waals surface area contributed by atoms with Crippen molar-refractivity contribution in [2.24, 2.45) is 5.73 Å². The summed E-state index contributed by atoms with van der Waals surface area (Å²) in [6.07, 6.45) is -0.159. The molecule has 0 bridgehead atoms. The maximum Gasteiger partial charge on any atom is 0.337 e. The minimum Gasteiger partial charge on any atom is -0.489 e. The highest BCUT2D eigenvalue weighted by Crippen LogP contribution is 2.22. The molecule has 0 spiro atoms. The first kappa shape index (κ1) is 15.0. The summed E-state index contributed by atoms with van der Waals surface area (Å²) in [6, 6.07) is 4.49. The third-order valence-corrected chi connectivity index (χ3v) is 2.17. The van der Waals surface area contributed by atoms with Crippen molar-refractivity contribution in [1.82, 2.24) is 0 Å². The van der Waals surface area contributed by atoms with Crippen molar-refractivity contribution >= 4 is 30.0 Å². The zero-order valence-electron chi connectivity index (χ0n) is 8.64. The maximum atomic E-state index is 10.8. The van der Waals surface area contributed by atoms with Crippen LogP contribution in [0.4, 0.5) is 0 Å². The third-order valence-electron chi connectivity index (χ3n) is 1.84. The van der Waals surface area contributed by atoms with E-state index in [1.807, 2.05) is 0 Å². The van der Waals surface area contributed by atoms with E-state index < -0.39 is 5.97 Å². The lowest BCUT2D eigenvalue weighted by Crippen LogP contribution is -2.22. The Bertz CT molecular complexity index is 371. The van der Waals surface area contributed by atoms with E-state index in [0.29, 0.717) is 12.3 Å². The van der Waals surface area contributed by atoms with Gasteiger partial charge in [0, 0.05) is 6.54 Å². The second-order valence-electron chi connectivity index (χ2n) is 3.11. The lowest BCUT2D eigenvalue weighted by Gasteiger charge is -2.12. The Morgan fingerprint density at radius 1 is 1.62 bits per heavy atom. The smallest absolute Gasteiger partial charge is 0.337 e. The van der Waals surface area contributed by atoms with E-state index in [4.69, 9.17) is 27.2 Å². The lowest BCUT2D eigenvalue weighted by atomic mass is 10.2. The fraction of sp³-hybridized carbons (Fsp3) is 0.300. The average molecular weight is 266 g/mol. The van der Waals surface area contributed by atoms with Gasteiger partial charge in [0.25, 0.3) is 0 Å². The normalized spacial score (nSPS) is 11.4. The zero-order chi connectivity index (χ0) is 11.4. The highest BCUT2D eigenvalue weighted by Gasteiger charge is 2.10. The molecule has 6 heteroatoms. The molecule has 0 saturated carbocycles. The van der Waals surface area contributed by atoms with Crippen LogP contribution in [0.15, 0.2) is 18.2 Å². The molecule has 1 aromatic carbocycles. The molecule has 0 radical (unpaired) electrons. The van der Waals surface area contributed by atoms with E-state index in [1.165, 1.54) is 12.1 Å². The topological polar surface area (TPSA) is 72.5 Å². The maximum absolute atomic E-state index is 10.8. The highest BCUT2D eigenvalue weighted by atomic mass is 35.5. The Balaban J connectivity index is 0.00000225. The molecule has 90 valence electrons. The monoisotopic (exact) mass is 265 g/mol. The van der Waals surface area contributed by atoms with E-state index >= 15 is 0 Å². The molecule has 16 heavy (non-hydrogen) atoms. The van der Waals surface area contributed by atoms with Crippen LogP contribution in [-0.4, -0.2) is 23.7 Å². The molecular weight excluding hydrogens is 253 g/mol. The second kappa shape index (κ2) is 6.58. The van der Waals surface area contributed by atoms with Gasteiger partial charge in [0.15, 0.2) is 0 Å². The molecule has 1 atom stereocenters. The number of hydrogen-bond donors (Lipinski definition) is 2. The number of carboxylic acid groups (broad SMARTS) is 1. The Hall–Kier alpha value is -0.970. The SMILES string of the molecule is CC(CN)Oc1ccc(Cl)c(C(=O)O)c1.Cl. The molecular formula is C10H13Cl2NO3. The van der Waals surface area contributed by atoms with Crippen LogP contribution in [0.5, 0.6) is 5.75 Å². The molecule has 3 N–H and O–H groups in total. The van der Waals surface area contributed by atoms with Crippen molar-refractivity contribution in [3.05, 3.63) is 28.8 Å². The summed E-state index contributed by atoms with van der Waals surface area (Å²) in [5.41, 5.74) is 5.41. The Kier molecular flexibility index (Phi) is 6.18. The van der Waals surface area contributed by atoms with Gasteiger partial charge in [0.2, 0.25) is 0 Å². The predicted molar refractivity (Wildman–Crippen MR) is 64.8 cm³/mol. The second-order valence-corrected chi connectivity index (χ2v) is 3.52. The minimum absolute atomic E-state index is 0. The van der Waals surface area contributed by atoms with Crippen LogP contribution in [0, 0.1) is 0 Å². The number of benzene rings is 1. The van der Waals surface area contributed by atoms with E-state index in [-0.39, 0.29) is 29.1 Å². The van der Waals surface area contributed by atoms with Gasteiger partial charge in [-0.25, -0.2) is 4.79 Å². The predicted octanol–water partition coefficient (Wildman–Crippen LogP) is 2.19. The van der Waals surface area contributed by atoms with Crippen LogP contribution in [0.2, 0.25) is 5.02 Å². The molecule has 0 amide bonds. The lowest BCUT2D eigenvalue weighted by molar-refractivity contribution is 0.0696. The molecule has 0 aliphatic heterocycles. The molecule has 0 aliphatic rings. The van der Waals surface area contributed by atoms with Crippen LogP contribution in [-0.2, 0) is 0 Å². The van der Waals surface area contributed by atoms with Crippen molar-refractivity contribution in [2.45, 2.75) is 13.0 Å². The highest BCUT2D eigenvalue weighted by molar-refractivity contribution is 6.33. The molecule has 0 aromatic heterocycles. The molecule has 1 rings (SSSR count). The number of aromatic carboxylic acids is 1. The van der Waals surface area contributed by atoms with Gasteiger partial charge < -0.3 is 15.6 Å². The Morgan fingerprint density at radius 2 is 2.25 bits per heavy atom. The van der Waals surface area contributed by atoms with Crippen LogP contribution in [0.25, 0.3) is 0 Å². The van der Waals surface area contributed by atoms with Gasteiger partial charge in [0.1, 0.15) is 11.9 Å². The summed E-state index contributed by atoms with van der Waals surface area (Å²) in [4.78, 5) is 10.8. The number of ether oxygens (including phenoxy) is 1. The Morgan fingerprint density at radius 3 is 2.75 bits per heavy atom. The van der Waals surface area contributed by atoms with Gasteiger partial charge >= 0.3 is 5.97 Å². The van der Waals surface area contributed by atoms with Gasteiger partial charge in [-0.2, -0.15) is 0 Å². The fourth-order valence-corrected chi connectivity index (χ4v) is 1.22. The summed E-state index contributed by atoms with van der Waals surface area (Å²) in [5, 5.41) is 9.01. The summed E-state index contributed by atoms with van der Waals surface area (Å²) in [5.74, 6) is -0.624. The number of carboxylic acids is 1. The van der Waals surface area contributed by atoms with E-state index in [0.717, 1.165) is 0 Å². The minimum atomic E-state index is -1.08. The summed E-state index contributed by atoms with van der Waals surface area (Å²) in [6.45, 7) is 2.17. The standard InChI is InChI=1S/C10H12ClNO3.ClH/c1-6(5-12)15-7-2-3-9(11)8(4-7)10(13)14;/h2-4,6H,5,12H2,1H3,(H,13,14);1H. The number of hydrogen-bond acceptors (Lipinski definition) is 3. The molecule has 1 unspecified atom stereocenters. The first-order valence-corrected chi connectivity index (χ1v) is 4.82. The molecule has 0 heterocycles. The molecule has 1 aromatic rings. The first-order chi connectivity index (χ1) is 7.04. The van der Waals surface area contributed by atoms with Crippen LogP contribution >= 0.6 is 24.0 Å². The number of rotatable bonds is 4. The van der Waals surface area contributed by atoms with Crippen molar-refractivity contribution < 1.29 is 14.6 Å². The molecule has 0 aliphatic carbocycles. The largest absolute Gasteiger partial charge is 0.489 e. The van der Waals surface area contributed by atoms with Gasteiger partial charge in [-0.15, -0.1) is 12.4 Å². The van der Waals surface area contributed by atoms with E-state index in [1.54, 1.807) is 13.0 Å². The van der Waals surface area contributed by atoms with Crippen molar-refractivity contribution in [3.63, 3.8) is 0 Å². The third kappa shape index (κ3) is 3.89. The van der Waals surface area contributed by atoms with Crippen molar-refractivity contribution in [1.29, 1.82) is 0 Å². The average Bonchev–Trinajstić information content (AvgIpc) is 2.20. The zero-order valence-corrected chi connectivity index (χ0v) is 10.2. The number of carbonyl (C=O) groups is 1. The van der Waals surface area contributed by atoms with Crippen LogP contribution in [0.1, 0.15) is 17.3 Å². The molecule has 0 fully saturated rings. The Labute approximate surface area is 105 Å². The molecule has 4 nitrogen and oxygen atoms in total. The summed E-state index contributed by atoms with van der Waals surface area (Å²) >= 11 is 5.70.